The molecule has 0 unspecified atom stereocenters. The Hall–Kier alpha value is -2.25. The number of amides is 1. The molecule has 1 heterocycles. The molecule has 1 aliphatic rings. The third-order valence-electron chi connectivity index (χ3n) is 3.24. The number of rotatable bonds is 3. The van der Waals surface area contributed by atoms with Crippen molar-refractivity contribution in [3.05, 3.63) is 51.5 Å². The average molecular weight is 412 g/mol. The molecule has 0 aromatic heterocycles. The number of phenolic OH excluding ortho intramolecular Hbond substituents is 1. The van der Waals surface area contributed by atoms with Crippen LogP contribution in [0.5, 0.6) is 17.2 Å². The van der Waals surface area contributed by atoms with E-state index in [1.165, 1.54) is 6.21 Å². The third-order valence-corrected chi connectivity index (χ3v) is 3.98. The van der Waals surface area contributed by atoms with Crippen LogP contribution in [0.25, 0.3) is 0 Å². The van der Waals surface area contributed by atoms with E-state index >= 15 is 0 Å². The largest absolute Gasteiger partial charge is 0.506 e. The Morgan fingerprint density at radius 3 is 2.92 bits per heavy atom. The summed E-state index contributed by atoms with van der Waals surface area (Å²) in [7, 11) is 0. The first-order valence-electron chi connectivity index (χ1n) is 6.94. The van der Waals surface area contributed by atoms with E-state index in [2.05, 4.69) is 26.5 Å². The van der Waals surface area contributed by atoms with Crippen LogP contribution in [0.4, 0.5) is 0 Å². The molecule has 0 bridgehead atoms. The minimum atomic E-state index is -0.809. The third kappa shape index (κ3) is 3.63. The number of carbonyl (C=O) groups is 1. The number of hydrogen-bond donors (Lipinski definition) is 2. The molecule has 0 saturated heterocycles. The van der Waals surface area contributed by atoms with Gasteiger partial charge in [-0.05, 0) is 24.3 Å². The maximum absolute atomic E-state index is 12.1. The highest BCUT2D eigenvalue weighted by Gasteiger charge is 2.27. The van der Waals surface area contributed by atoms with Crippen molar-refractivity contribution in [2.45, 2.75) is 6.10 Å². The van der Waals surface area contributed by atoms with Crippen molar-refractivity contribution in [2.24, 2.45) is 5.10 Å². The van der Waals surface area contributed by atoms with Gasteiger partial charge in [0, 0.05) is 10.0 Å². The summed E-state index contributed by atoms with van der Waals surface area (Å²) < 4.78 is 11.7. The molecule has 0 saturated carbocycles. The topological polar surface area (TPSA) is 80.2 Å². The summed E-state index contributed by atoms with van der Waals surface area (Å²) in [6.07, 6.45) is 0.485. The van der Waals surface area contributed by atoms with Crippen molar-refractivity contribution in [3.63, 3.8) is 0 Å². The molecular formula is C16H12BrClN2O4. The number of nitrogens with zero attached hydrogens (tertiary/aromatic N) is 1. The summed E-state index contributed by atoms with van der Waals surface area (Å²) in [6, 6.07) is 10.3. The SMILES string of the molecule is O=C(N/N=C\c1cc(Br)cc(Cl)c1O)[C@H]1COc2ccccc2O1. The highest BCUT2D eigenvalue weighted by molar-refractivity contribution is 9.10. The van der Waals surface area contributed by atoms with Crippen molar-refractivity contribution in [3.8, 4) is 17.2 Å². The van der Waals surface area contributed by atoms with Crippen LogP contribution >= 0.6 is 27.5 Å². The Labute approximate surface area is 151 Å². The molecule has 1 amide bonds. The van der Waals surface area contributed by atoms with Crippen LogP contribution in [0, 0.1) is 0 Å². The molecule has 0 aliphatic carbocycles. The highest BCUT2D eigenvalue weighted by atomic mass is 79.9. The highest BCUT2D eigenvalue weighted by Crippen LogP contribution is 2.31. The predicted molar refractivity (Wildman–Crippen MR) is 92.9 cm³/mol. The molecule has 8 heteroatoms. The van der Waals surface area contributed by atoms with Crippen LogP contribution in [0.1, 0.15) is 5.56 Å². The van der Waals surface area contributed by atoms with Gasteiger partial charge < -0.3 is 14.6 Å². The van der Waals surface area contributed by atoms with Gasteiger partial charge in [0.1, 0.15) is 12.4 Å². The lowest BCUT2D eigenvalue weighted by molar-refractivity contribution is -0.130. The maximum atomic E-state index is 12.1. The van der Waals surface area contributed by atoms with Crippen LogP contribution in [0.15, 0.2) is 46.0 Å². The van der Waals surface area contributed by atoms with Crippen LogP contribution in [-0.4, -0.2) is 29.9 Å². The van der Waals surface area contributed by atoms with Crippen LogP contribution in [-0.2, 0) is 4.79 Å². The number of fused-ring (bicyclic) bond motifs is 1. The van der Waals surface area contributed by atoms with Crippen molar-refractivity contribution in [1.29, 1.82) is 0 Å². The number of ether oxygens (including phenoxy) is 2. The molecule has 0 spiro atoms. The fourth-order valence-electron chi connectivity index (χ4n) is 2.07. The number of benzene rings is 2. The Bertz CT molecular complexity index is 813. The lowest BCUT2D eigenvalue weighted by Crippen LogP contribution is -2.42. The zero-order valence-electron chi connectivity index (χ0n) is 12.2. The second-order valence-electron chi connectivity index (χ2n) is 4.92. The Morgan fingerprint density at radius 1 is 1.38 bits per heavy atom. The van der Waals surface area contributed by atoms with Crippen LogP contribution in [0.2, 0.25) is 5.02 Å². The van der Waals surface area contributed by atoms with Gasteiger partial charge in [0.2, 0.25) is 6.10 Å². The molecule has 2 N–H and O–H groups in total. The molecular weight excluding hydrogens is 400 g/mol. The van der Waals surface area contributed by atoms with Gasteiger partial charge in [-0.1, -0.05) is 39.7 Å². The minimum Gasteiger partial charge on any atom is -0.506 e. The van der Waals surface area contributed by atoms with E-state index in [1.54, 1.807) is 30.3 Å². The summed E-state index contributed by atoms with van der Waals surface area (Å²) in [5.74, 6) is 0.522. The monoisotopic (exact) mass is 410 g/mol. The molecule has 0 fully saturated rings. The maximum Gasteiger partial charge on any atom is 0.284 e. The number of hydrazone groups is 1. The summed E-state index contributed by atoms with van der Waals surface area (Å²) >= 11 is 9.13. The zero-order chi connectivity index (χ0) is 17.1. The molecule has 2 aromatic rings. The van der Waals surface area contributed by atoms with Gasteiger partial charge >= 0.3 is 0 Å². The van der Waals surface area contributed by atoms with Crippen LogP contribution in [0.3, 0.4) is 0 Å². The average Bonchev–Trinajstić information content (AvgIpc) is 2.58. The van der Waals surface area contributed by atoms with Gasteiger partial charge in [0.25, 0.3) is 5.91 Å². The van der Waals surface area contributed by atoms with Gasteiger partial charge in [-0.3, -0.25) is 4.79 Å². The van der Waals surface area contributed by atoms with E-state index in [1.807, 2.05) is 6.07 Å². The summed E-state index contributed by atoms with van der Waals surface area (Å²) in [4.78, 5) is 12.1. The number of para-hydroxylation sites is 2. The summed E-state index contributed by atoms with van der Waals surface area (Å²) in [5.41, 5.74) is 2.72. The molecule has 1 aliphatic heterocycles. The fraction of sp³-hybridized carbons (Fsp3) is 0.125. The predicted octanol–water partition coefficient (Wildman–Crippen LogP) is 3.10. The standard InChI is InChI=1S/C16H12BrClN2O4/c17-10-5-9(15(21)11(18)6-10)7-19-20-16(22)14-8-23-12-3-1-2-4-13(12)24-14/h1-7,14,21H,8H2,(H,20,22)/b19-7-/t14-/m1/s1. The quantitative estimate of drug-likeness (QED) is 0.601. The summed E-state index contributed by atoms with van der Waals surface area (Å²) in [5, 5.41) is 13.8. The summed E-state index contributed by atoms with van der Waals surface area (Å²) in [6.45, 7) is 0.0896. The van der Waals surface area contributed by atoms with Gasteiger partial charge in [-0.2, -0.15) is 5.10 Å². The lowest BCUT2D eigenvalue weighted by atomic mass is 10.2. The molecule has 124 valence electrons. The van der Waals surface area contributed by atoms with Gasteiger partial charge in [0.15, 0.2) is 11.5 Å². The van der Waals surface area contributed by atoms with E-state index in [4.69, 9.17) is 21.1 Å². The van der Waals surface area contributed by atoms with E-state index < -0.39 is 12.0 Å². The van der Waals surface area contributed by atoms with Crippen LogP contribution < -0.4 is 14.9 Å². The van der Waals surface area contributed by atoms with Gasteiger partial charge in [-0.25, -0.2) is 5.43 Å². The minimum absolute atomic E-state index is 0.0896. The number of aromatic hydroxyl groups is 1. The smallest absolute Gasteiger partial charge is 0.284 e. The van der Waals surface area contributed by atoms with Crippen molar-refractivity contribution >= 4 is 39.7 Å². The molecule has 2 aromatic carbocycles. The van der Waals surface area contributed by atoms with Crippen molar-refractivity contribution in [2.75, 3.05) is 6.61 Å². The van der Waals surface area contributed by atoms with E-state index in [9.17, 15) is 9.90 Å². The number of phenols is 1. The number of carbonyl (C=O) groups excluding carboxylic acids is 1. The first kappa shape index (κ1) is 16.6. The van der Waals surface area contributed by atoms with Crippen molar-refractivity contribution < 1.29 is 19.4 Å². The molecule has 6 nitrogen and oxygen atoms in total. The fourth-order valence-corrected chi connectivity index (χ4v) is 2.90. The number of hydrogen-bond acceptors (Lipinski definition) is 5. The van der Waals surface area contributed by atoms with E-state index in [0.29, 0.717) is 21.5 Å². The number of halogens is 2. The van der Waals surface area contributed by atoms with Crippen molar-refractivity contribution in [1.82, 2.24) is 5.43 Å². The molecule has 0 radical (unpaired) electrons. The molecule has 1 atom stereocenters. The Kier molecular flexibility index (Phi) is 4.92. The van der Waals surface area contributed by atoms with Gasteiger partial charge in [0.05, 0.1) is 11.2 Å². The normalized spacial score (nSPS) is 16.2. The Balaban J connectivity index is 1.64. The first-order chi connectivity index (χ1) is 11.5. The first-order valence-corrected chi connectivity index (χ1v) is 8.11. The van der Waals surface area contributed by atoms with E-state index in [0.717, 1.165) is 0 Å². The second-order valence-corrected chi connectivity index (χ2v) is 6.25. The second kappa shape index (κ2) is 7.11. The molecule has 3 rings (SSSR count). The zero-order valence-corrected chi connectivity index (χ0v) is 14.5. The lowest BCUT2D eigenvalue weighted by Gasteiger charge is -2.24. The number of nitrogens with one attached hydrogen (secondary N) is 1. The Morgan fingerprint density at radius 2 is 2.12 bits per heavy atom. The van der Waals surface area contributed by atoms with Gasteiger partial charge in [-0.15, -0.1) is 0 Å². The molecule has 24 heavy (non-hydrogen) atoms. The van der Waals surface area contributed by atoms with E-state index in [-0.39, 0.29) is 17.4 Å².